The quantitative estimate of drug-likeness (QED) is 0.328. The van der Waals surface area contributed by atoms with E-state index < -0.39 is 0 Å². The number of carbonyl (C=O) groups is 2. The first kappa shape index (κ1) is 17.7. The van der Waals surface area contributed by atoms with Crippen LogP contribution in [0.15, 0.2) is 12.2 Å². The monoisotopic (exact) mass is 270 g/mol. The van der Waals surface area contributed by atoms with Crippen LogP contribution in [0.3, 0.4) is 0 Å². The molecule has 0 saturated heterocycles. The highest BCUT2D eigenvalue weighted by Gasteiger charge is 2.05. The van der Waals surface area contributed by atoms with Crippen molar-refractivity contribution in [3.05, 3.63) is 12.2 Å². The van der Waals surface area contributed by atoms with E-state index in [0.29, 0.717) is 38.9 Å². The van der Waals surface area contributed by atoms with E-state index in [-0.39, 0.29) is 11.9 Å². The zero-order valence-electron chi connectivity index (χ0n) is 12.2. The van der Waals surface area contributed by atoms with E-state index in [1.54, 1.807) is 0 Å². The molecule has 4 heteroatoms. The Hall–Kier alpha value is -1.32. The Kier molecular flexibility index (Phi) is 12.2. The molecule has 0 atom stereocenters. The third-order valence-electron chi connectivity index (χ3n) is 2.43. The van der Waals surface area contributed by atoms with Gasteiger partial charge in [-0.15, -0.1) is 0 Å². The minimum atomic E-state index is -0.188. The lowest BCUT2D eigenvalue weighted by molar-refractivity contribution is -0.145. The maximum Gasteiger partial charge on any atom is 0.305 e. The van der Waals surface area contributed by atoms with Gasteiger partial charge >= 0.3 is 11.9 Å². The summed E-state index contributed by atoms with van der Waals surface area (Å²) < 4.78 is 9.99. The van der Waals surface area contributed by atoms with Gasteiger partial charge in [0.25, 0.3) is 0 Å². The van der Waals surface area contributed by atoms with Crippen molar-refractivity contribution in [1.29, 1.82) is 0 Å². The van der Waals surface area contributed by atoms with Crippen LogP contribution in [0.25, 0.3) is 0 Å². The van der Waals surface area contributed by atoms with Crippen LogP contribution in [0.2, 0.25) is 0 Å². The Morgan fingerprint density at radius 2 is 1.47 bits per heavy atom. The second-order valence-corrected chi connectivity index (χ2v) is 4.32. The molecule has 4 nitrogen and oxygen atoms in total. The first-order valence-corrected chi connectivity index (χ1v) is 7.16. The van der Waals surface area contributed by atoms with Crippen LogP contribution in [0.1, 0.15) is 58.8 Å². The summed E-state index contributed by atoms with van der Waals surface area (Å²) in [6.45, 7) is 4.94. The highest BCUT2D eigenvalue weighted by molar-refractivity contribution is 5.70. The van der Waals surface area contributed by atoms with Crippen molar-refractivity contribution in [2.75, 3.05) is 13.2 Å². The zero-order chi connectivity index (χ0) is 14.3. The van der Waals surface area contributed by atoms with Crippen molar-refractivity contribution in [3.8, 4) is 0 Å². The Bertz CT molecular complexity index is 271. The molecule has 0 saturated carbocycles. The average Bonchev–Trinajstić information content (AvgIpc) is 2.41. The van der Waals surface area contributed by atoms with Gasteiger partial charge in [-0.05, 0) is 32.1 Å². The van der Waals surface area contributed by atoms with Gasteiger partial charge in [0.1, 0.15) is 0 Å². The average molecular weight is 270 g/mol. The molecule has 0 aromatic rings. The van der Waals surface area contributed by atoms with Crippen LogP contribution >= 0.6 is 0 Å². The molecular weight excluding hydrogens is 244 g/mol. The smallest absolute Gasteiger partial charge is 0.305 e. The Morgan fingerprint density at radius 3 is 2.00 bits per heavy atom. The van der Waals surface area contributed by atoms with Gasteiger partial charge in [0.15, 0.2) is 0 Å². The third kappa shape index (κ3) is 12.9. The van der Waals surface area contributed by atoms with Crippen molar-refractivity contribution in [1.82, 2.24) is 0 Å². The van der Waals surface area contributed by atoms with Gasteiger partial charge in [-0.25, -0.2) is 0 Å². The van der Waals surface area contributed by atoms with Crippen molar-refractivity contribution >= 4 is 11.9 Å². The van der Waals surface area contributed by atoms with Crippen molar-refractivity contribution in [3.63, 3.8) is 0 Å². The Morgan fingerprint density at radius 1 is 0.895 bits per heavy atom. The van der Waals surface area contributed by atoms with Gasteiger partial charge in [-0.2, -0.15) is 0 Å². The van der Waals surface area contributed by atoms with Gasteiger partial charge < -0.3 is 9.47 Å². The number of esters is 2. The number of hydrogen-bond acceptors (Lipinski definition) is 4. The SMILES string of the molecule is CC/C=C/CCOC(=O)CCCCC(=O)OCCC. The van der Waals surface area contributed by atoms with Crippen molar-refractivity contribution < 1.29 is 19.1 Å². The van der Waals surface area contributed by atoms with E-state index in [4.69, 9.17) is 9.47 Å². The molecular formula is C15H26O4. The lowest BCUT2D eigenvalue weighted by Crippen LogP contribution is -2.07. The van der Waals surface area contributed by atoms with Crippen LogP contribution in [0.5, 0.6) is 0 Å². The Balaban J connectivity index is 3.38. The summed E-state index contributed by atoms with van der Waals surface area (Å²) >= 11 is 0. The molecule has 0 amide bonds. The van der Waals surface area contributed by atoms with Crippen molar-refractivity contribution in [2.45, 2.75) is 58.8 Å². The molecule has 0 spiro atoms. The highest BCUT2D eigenvalue weighted by Crippen LogP contribution is 2.03. The number of allylic oxidation sites excluding steroid dienone is 1. The number of carbonyl (C=O) groups excluding carboxylic acids is 2. The van der Waals surface area contributed by atoms with Crippen molar-refractivity contribution in [2.24, 2.45) is 0 Å². The molecule has 0 radical (unpaired) electrons. The fourth-order valence-electron chi connectivity index (χ4n) is 1.42. The van der Waals surface area contributed by atoms with E-state index >= 15 is 0 Å². The second kappa shape index (κ2) is 13.1. The summed E-state index contributed by atoms with van der Waals surface area (Å²) in [5, 5.41) is 0. The number of hydrogen-bond donors (Lipinski definition) is 0. The van der Waals surface area contributed by atoms with Gasteiger partial charge in [0.05, 0.1) is 13.2 Å². The molecule has 0 aliphatic carbocycles. The summed E-state index contributed by atoms with van der Waals surface area (Å²) in [4.78, 5) is 22.5. The molecule has 110 valence electrons. The topological polar surface area (TPSA) is 52.6 Å². The Labute approximate surface area is 116 Å². The molecule has 0 fully saturated rings. The molecule has 0 heterocycles. The molecule has 19 heavy (non-hydrogen) atoms. The molecule has 0 aliphatic rings. The first-order chi connectivity index (χ1) is 9.20. The minimum Gasteiger partial charge on any atom is -0.466 e. The molecule has 0 unspecified atom stereocenters. The molecule has 0 bridgehead atoms. The van der Waals surface area contributed by atoms with Crippen LogP contribution in [0.4, 0.5) is 0 Å². The summed E-state index contributed by atoms with van der Waals surface area (Å²) in [6.07, 6.45) is 8.77. The van der Waals surface area contributed by atoms with Gasteiger partial charge in [0, 0.05) is 12.8 Å². The lowest BCUT2D eigenvalue weighted by Gasteiger charge is -2.04. The van der Waals surface area contributed by atoms with E-state index in [2.05, 4.69) is 13.0 Å². The van der Waals surface area contributed by atoms with E-state index in [0.717, 1.165) is 19.3 Å². The molecule has 0 aromatic carbocycles. The molecule has 0 aromatic heterocycles. The van der Waals surface area contributed by atoms with Crippen LogP contribution in [-0.4, -0.2) is 25.2 Å². The minimum absolute atomic E-state index is 0.181. The predicted octanol–water partition coefficient (Wildman–Crippen LogP) is 3.40. The number of unbranched alkanes of at least 4 members (excludes halogenated alkanes) is 1. The maximum absolute atomic E-state index is 11.3. The van der Waals surface area contributed by atoms with Crippen LogP contribution in [0, 0.1) is 0 Å². The molecule has 0 aliphatic heterocycles. The molecule has 0 rings (SSSR count). The fourth-order valence-corrected chi connectivity index (χ4v) is 1.42. The zero-order valence-corrected chi connectivity index (χ0v) is 12.2. The maximum atomic E-state index is 11.3. The molecule has 0 N–H and O–H groups in total. The lowest BCUT2D eigenvalue weighted by atomic mass is 10.2. The van der Waals surface area contributed by atoms with Crippen LogP contribution in [-0.2, 0) is 19.1 Å². The number of ether oxygens (including phenoxy) is 2. The fraction of sp³-hybridized carbons (Fsp3) is 0.733. The predicted molar refractivity (Wildman–Crippen MR) is 74.7 cm³/mol. The third-order valence-corrected chi connectivity index (χ3v) is 2.43. The number of rotatable bonds is 11. The summed E-state index contributed by atoms with van der Waals surface area (Å²) in [5.74, 6) is -0.369. The largest absolute Gasteiger partial charge is 0.466 e. The van der Waals surface area contributed by atoms with Gasteiger partial charge in [-0.3, -0.25) is 9.59 Å². The normalized spacial score (nSPS) is 10.6. The summed E-state index contributed by atoms with van der Waals surface area (Å²) in [5.41, 5.74) is 0. The standard InChI is InChI=1S/C15H26O4/c1-3-5-6-9-13-19-15(17)11-8-7-10-14(16)18-12-4-2/h5-6H,3-4,7-13H2,1-2H3/b6-5+. The second-order valence-electron chi connectivity index (χ2n) is 4.32. The van der Waals surface area contributed by atoms with E-state index in [1.165, 1.54) is 0 Å². The summed E-state index contributed by atoms with van der Waals surface area (Å²) in [7, 11) is 0. The first-order valence-electron chi connectivity index (χ1n) is 7.16. The van der Waals surface area contributed by atoms with Gasteiger partial charge in [0.2, 0.25) is 0 Å². The van der Waals surface area contributed by atoms with E-state index in [1.807, 2.05) is 13.0 Å². The van der Waals surface area contributed by atoms with Gasteiger partial charge in [-0.1, -0.05) is 26.0 Å². The van der Waals surface area contributed by atoms with Crippen LogP contribution < -0.4 is 0 Å². The van der Waals surface area contributed by atoms with E-state index in [9.17, 15) is 9.59 Å². The highest BCUT2D eigenvalue weighted by atomic mass is 16.5. The summed E-state index contributed by atoms with van der Waals surface area (Å²) in [6, 6.07) is 0.